The first-order valence-electron chi connectivity index (χ1n) is 6.47. The minimum absolute atomic E-state index is 0.607. The molecule has 1 N–H and O–H groups in total. The summed E-state index contributed by atoms with van der Waals surface area (Å²) in [5, 5.41) is 4.96. The van der Waals surface area contributed by atoms with Crippen LogP contribution < -0.4 is 5.32 Å². The first-order chi connectivity index (χ1) is 9.24. The van der Waals surface area contributed by atoms with Crippen molar-refractivity contribution in [3.05, 3.63) is 58.6 Å². The lowest BCUT2D eigenvalue weighted by molar-refractivity contribution is 0.898. The largest absolute Gasteiger partial charge is 0.384 e. The number of hydrogen-bond donors (Lipinski definition) is 1. The molecule has 1 heterocycles. The lowest BCUT2D eigenvalue weighted by Gasteiger charge is -2.14. The average Bonchev–Trinajstić information content (AvgIpc) is 2.83. The summed E-state index contributed by atoms with van der Waals surface area (Å²) in [5.74, 6) is 0. The first kappa shape index (κ1) is 12.9. The van der Waals surface area contributed by atoms with Gasteiger partial charge in [-0.15, -0.1) is 11.8 Å². The molecule has 0 bridgehead atoms. The number of thioether (sulfide) groups is 1. The molecule has 0 aliphatic carbocycles. The number of hydrogen-bond acceptors (Lipinski definition) is 2. The molecular formula is C16H16ClNS. The Morgan fingerprint density at radius 3 is 2.89 bits per heavy atom. The molecule has 0 fully saturated rings. The zero-order chi connectivity index (χ0) is 13.2. The van der Waals surface area contributed by atoms with E-state index in [4.69, 9.17) is 11.6 Å². The number of rotatable bonds is 3. The van der Waals surface area contributed by atoms with E-state index in [2.05, 4.69) is 42.6 Å². The van der Waals surface area contributed by atoms with Crippen molar-refractivity contribution in [2.45, 2.75) is 23.5 Å². The van der Waals surface area contributed by atoms with Gasteiger partial charge in [0.15, 0.2) is 0 Å². The van der Waals surface area contributed by atoms with E-state index >= 15 is 0 Å². The van der Waals surface area contributed by atoms with Crippen LogP contribution in [0.4, 0.5) is 5.69 Å². The minimum atomic E-state index is 0.607. The predicted octanol–water partition coefficient (Wildman–Crippen LogP) is 4.78. The Hall–Kier alpha value is -1.12. The summed E-state index contributed by atoms with van der Waals surface area (Å²) in [6, 6.07) is 14.7. The molecule has 1 aliphatic rings. The van der Waals surface area contributed by atoms with E-state index in [1.807, 2.05) is 23.9 Å². The molecule has 2 aromatic rings. The van der Waals surface area contributed by atoms with Crippen molar-refractivity contribution in [2.75, 3.05) is 11.9 Å². The third-order valence-electron chi connectivity index (χ3n) is 3.50. The Bertz CT molecular complexity index is 572. The van der Waals surface area contributed by atoms with Crippen LogP contribution in [0.15, 0.2) is 47.4 Å². The van der Waals surface area contributed by atoms with Crippen molar-refractivity contribution in [3.63, 3.8) is 0 Å². The van der Waals surface area contributed by atoms with Gasteiger partial charge in [0, 0.05) is 27.4 Å². The molecule has 1 atom stereocenters. The standard InChI is InChI=1S/C16H16ClNS/c1-11-14(17)6-4-7-15(11)18-10-13-9-12-5-2-3-8-16(12)19-13/h2-8,13,18H,9-10H2,1H3. The van der Waals surface area contributed by atoms with E-state index in [0.29, 0.717) is 5.25 Å². The van der Waals surface area contributed by atoms with Crippen molar-refractivity contribution in [1.82, 2.24) is 0 Å². The van der Waals surface area contributed by atoms with Crippen LogP contribution in [-0.2, 0) is 6.42 Å². The van der Waals surface area contributed by atoms with E-state index in [1.165, 1.54) is 10.5 Å². The van der Waals surface area contributed by atoms with Gasteiger partial charge in [0.2, 0.25) is 0 Å². The quantitative estimate of drug-likeness (QED) is 0.873. The molecule has 0 aromatic heterocycles. The summed E-state index contributed by atoms with van der Waals surface area (Å²) < 4.78 is 0. The zero-order valence-corrected chi connectivity index (χ0v) is 12.4. The molecule has 19 heavy (non-hydrogen) atoms. The zero-order valence-electron chi connectivity index (χ0n) is 10.8. The van der Waals surface area contributed by atoms with Crippen LogP contribution in [-0.4, -0.2) is 11.8 Å². The van der Waals surface area contributed by atoms with Crippen LogP contribution in [0.25, 0.3) is 0 Å². The monoisotopic (exact) mass is 289 g/mol. The molecule has 1 aliphatic heterocycles. The molecule has 1 unspecified atom stereocenters. The maximum Gasteiger partial charge on any atom is 0.0455 e. The molecule has 3 rings (SSSR count). The Labute approximate surface area is 123 Å². The molecule has 0 saturated carbocycles. The molecule has 1 nitrogen and oxygen atoms in total. The fourth-order valence-electron chi connectivity index (χ4n) is 2.39. The maximum atomic E-state index is 6.14. The third kappa shape index (κ3) is 2.75. The molecule has 0 radical (unpaired) electrons. The highest BCUT2D eigenvalue weighted by Gasteiger charge is 2.21. The normalized spacial score (nSPS) is 17.3. The lowest BCUT2D eigenvalue weighted by Crippen LogP contribution is -2.16. The highest BCUT2D eigenvalue weighted by molar-refractivity contribution is 8.00. The van der Waals surface area contributed by atoms with Gasteiger partial charge in [-0.1, -0.05) is 35.9 Å². The first-order valence-corrected chi connectivity index (χ1v) is 7.73. The number of halogens is 1. The van der Waals surface area contributed by atoms with E-state index < -0.39 is 0 Å². The van der Waals surface area contributed by atoms with Gasteiger partial charge >= 0.3 is 0 Å². The van der Waals surface area contributed by atoms with E-state index in [1.54, 1.807) is 0 Å². The Kier molecular flexibility index (Phi) is 3.72. The second kappa shape index (κ2) is 5.48. The Morgan fingerprint density at radius 1 is 1.21 bits per heavy atom. The summed E-state index contributed by atoms with van der Waals surface area (Å²) in [5.41, 5.74) is 3.75. The molecule has 98 valence electrons. The van der Waals surface area contributed by atoms with Gasteiger partial charge in [-0.05, 0) is 42.7 Å². The topological polar surface area (TPSA) is 12.0 Å². The summed E-state index contributed by atoms with van der Waals surface area (Å²) in [6.45, 7) is 3.03. The van der Waals surface area contributed by atoms with Crippen molar-refractivity contribution in [3.8, 4) is 0 Å². The smallest absolute Gasteiger partial charge is 0.0455 e. The molecule has 2 aromatic carbocycles. The molecular weight excluding hydrogens is 274 g/mol. The van der Waals surface area contributed by atoms with E-state index in [9.17, 15) is 0 Å². The van der Waals surface area contributed by atoms with Crippen molar-refractivity contribution in [1.29, 1.82) is 0 Å². The number of anilines is 1. The van der Waals surface area contributed by atoms with Crippen LogP contribution in [0.3, 0.4) is 0 Å². The SMILES string of the molecule is Cc1c(Cl)cccc1NCC1Cc2ccccc2S1. The predicted molar refractivity (Wildman–Crippen MR) is 84.5 cm³/mol. The highest BCUT2D eigenvalue weighted by Crippen LogP contribution is 2.37. The van der Waals surface area contributed by atoms with Crippen molar-refractivity contribution < 1.29 is 0 Å². The average molecular weight is 290 g/mol. The summed E-state index contributed by atoms with van der Waals surface area (Å²) in [7, 11) is 0. The lowest BCUT2D eigenvalue weighted by atomic mass is 10.1. The minimum Gasteiger partial charge on any atom is -0.384 e. The number of nitrogens with one attached hydrogen (secondary N) is 1. The fraction of sp³-hybridized carbons (Fsp3) is 0.250. The van der Waals surface area contributed by atoms with Gasteiger partial charge in [0.1, 0.15) is 0 Å². The highest BCUT2D eigenvalue weighted by atomic mass is 35.5. The second-order valence-corrected chi connectivity index (χ2v) is 6.59. The van der Waals surface area contributed by atoms with Gasteiger partial charge in [0.05, 0.1) is 0 Å². The van der Waals surface area contributed by atoms with Crippen molar-refractivity contribution >= 4 is 29.1 Å². The van der Waals surface area contributed by atoms with Crippen LogP contribution in [0.1, 0.15) is 11.1 Å². The van der Waals surface area contributed by atoms with Crippen LogP contribution in [0.2, 0.25) is 5.02 Å². The van der Waals surface area contributed by atoms with Gasteiger partial charge in [-0.2, -0.15) is 0 Å². The summed E-state index contributed by atoms with van der Waals surface area (Å²) >= 11 is 8.11. The van der Waals surface area contributed by atoms with E-state index in [0.717, 1.165) is 29.2 Å². The van der Waals surface area contributed by atoms with Gasteiger partial charge < -0.3 is 5.32 Å². The van der Waals surface area contributed by atoms with Crippen LogP contribution in [0, 0.1) is 6.92 Å². The fourth-order valence-corrected chi connectivity index (χ4v) is 3.81. The molecule has 3 heteroatoms. The number of benzene rings is 2. The molecule has 0 amide bonds. The van der Waals surface area contributed by atoms with Crippen LogP contribution in [0.5, 0.6) is 0 Å². The number of fused-ring (bicyclic) bond motifs is 1. The summed E-state index contributed by atoms with van der Waals surface area (Å²) in [6.07, 6.45) is 1.15. The summed E-state index contributed by atoms with van der Waals surface area (Å²) in [4.78, 5) is 1.43. The third-order valence-corrected chi connectivity index (χ3v) is 5.23. The van der Waals surface area contributed by atoms with Crippen LogP contribution >= 0.6 is 23.4 Å². The van der Waals surface area contributed by atoms with E-state index in [-0.39, 0.29) is 0 Å². The molecule has 0 spiro atoms. The van der Waals surface area contributed by atoms with Gasteiger partial charge in [-0.25, -0.2) is 0 Å². The molecule has 0 saturated heterocycles. The Morgan fingerprint density at radius 2 is 2.05 bits per heavy atom. The van der Waals surface area contributed by atoms with Gasteiger partial charge in [-0.3, -0.25) is 0 Å². The van der Waals surface area contributed by atoms with Crippen molar-refractivity contribution in [2.24, 2.45) is 0 Å². The second-order valence-electron chi connectivity index (χ2n) is 4.85. The maximum absolute atomic E-state index is 6.14. The Balaban J connectivity index is 1.64. The van der Waals surface area contributed by atoms with Gasteiger partial charge in [0.25, 0.3) is 0 Å².